The van der Waals surface area contributed by atoms with E-state index in [1.54, 1.807) is 0 Å². The van der Waals surface area contributed by atoms with E-state index in [0.29, 0.717) is 0 Å². The summed E-state index contributed by atoms with van der Waals surface area (Å²) in [7, 11) is 2.10. The van der Waals surface area contributed by atoms with Crippen LogP contribution in [0.5, 0.6) is 0 Å². The Hall–Kier alpha value is -1.28. The Balaban J connectivity index is 2.51. The second-order valence-corrected chi connectivity index (χ2v) is 3.93. The van der Waals surface area contributed by atoms with Crippen LogP contribution in [-0.2, 0) is 13.5 Å². The lowest BCUT2D eigenvalue weighted by molar-refractivity contribution is 0.696. The summed E-state index contributed by atoms with van der Waals surface area (Å²) in [5, 5.41) is 1.30. The third-order valence-electron chi connectivity index (χ3n) is 2.58. The second kappa shape index (κ2) is 3.46. The zero-order valence-corrected chi connectivity index (χ0v) is 8.70. The van der Waals surface area contributed by atoms with Crippen molar-refractivity contribution in [1.82, 2.24) is 4.57 Å². The van der Waals surface area contributed by atoms with Gasteiger partial charge in [0.25, 0.3) is 0 Å². The van der Waals surface area contributed by atoms with Crippen LogP contribution in [-0.4, -0.2) is 10.6 Å². The molecule has 0 bridgehead atoms. The van der Waals surface area contributed by atoms with Crippen molar-refractivity contribution >= 4 is 10.9 Å². The lowest BCUT2D eigenvalue weighted by atomic mass is 10.2. The summed E-state index contributed by atoms with van der Waals surface area (Å²) in [5.41, 5.74) is 8.39. The van der Waals surface area contributed by atoms with Crippen LogP contribution in [0.3, 0.4) is 0 Å². The number of aryl methyl sites for hydroxylation is 1. The number of nitrogens with two attached hydrogens (primary N) is 1. The predicted octanol–water partition coefficient (Wildman–Crippen LogP) is 2.07. The van der Waals surface area contributed by atoms with E-state index in [1.807, 2.05) is 6.92 Å². The summed E-state index contributed by atoms with van der Waals surface area (Å²) in [5.74, 6) is 0. The van der Waals surface area contributed by atoms with E-state index in [1.165, 1.54) is 16.6 Å². The molecule has 1 aromatic carbocycles. The Morgan fingerprint density at radius 1 is 1.36 bits per heavy atom. The summed E-state index contributed by atoms with van der Waals surface area (Å²) >= 11 is 0. The van der Waals surface area contributed by atoms with Crippen LogP contribution in [0, 0.1) is 0 Å². The van der Waals surface area contributed by atoms with E-state index >= 15 is 0 Å². The predicted molar refractivity (Wildman–Crippen MR) is 60.3 cm³/mol. The lowest BCUT2D eigenvalue weighted by Gasteiger charge is -2.06. The van der Waals surface area contributed by atoms with Gasteiger partial charge in [-0.05, 0) is 24.4 Å². The summed E-state index contributed by atoms with van der Waals surface area (Å²) in [6.07, 6.45) is 0.936. The van der Waals surface area contributed by atoms with Crippen LogP contribution in [0.25, 0.3) is 10.9 Å². The Morgan fingerprint density at radius 3 is 2.71 bits per heavy atom. The zero-order chi connectivity index (χ0) is 10.1. The summed E-state index contributed by atoms with van der Waals surface area (Å²) < 4.78 is 2.22. The van der Waals surface area contributed by atoms with E-state index in [9.17, 15) is 0 Å². The molecule has 0 aliphatic carbocycles. The first kappa shape index (κ1) is 9.28. The van der Waals surface area contributed by atoms with Crippen molar-refractivity contribution in [3.63, 3.8) is 0 Å². The lowest BCUT2D eigenvalue weighted by Crippen LogP contribution is -2.19. The van der Waals surface area contributed by atoms with Gasteiger partial charge in [-0.2, -0.15) is 0 Å². The fraction of sp³-hybridized carbons (Fsp3) is 0.333. The number of nitrogens with zero attached hydrogens (tertiary/aromatic N) is 1. The Kier molecular flexibility index (Phi) is 2.30. The molecule has 0 saturated carbocycles. The highest BCUT2D eigenvalue weighted by Gasteiger charge is 2.06. The SMILES string of the molecule is C[C@H](N)Cc1cc2ccccc2n1C. The summed E-state index contributed by atoms with van der Waals surface area (Å²) in [6, 6.07) is 10.9. The molecule has 0 unspecified atom stereocenters. The standard InChI is InChI=1S/C12H16N2/c1-9(13)7-11-8-10-5-3-4-6-12(10)14(11)2/h3-6,8-9H,7,13H2,1-2H3/t9-/m0/s1. The van der Waals surface area contributed by atoms with Gasteiger partial charge < -0.3 is 10.3 Å². The molecule has 0 fully saturated rings. The first-order valence-electron chi connectivity index (χ1n) is 4.97. The number of benzene rings is 1. The number of fused-ring (bicyclic) bond motifs is 1. The monoisotopic (exact) mass is 188 g/mol. The molecule has 0 spiro atoms. The number of hydrogen-bond acceptors (Lipinski definition) is 1. The molecule has 2 nitrogen and oxygen atoms in total. The zero-order valence-electron chi connectivity index (χ0n) is 8.70. The normalized spacial score (nSPS) is 13.4. The highest BCUT2D eigenvalue weighted by Crippen LogP contribution is 2.18. The van der Waals surface area contributed by atoms with Crippen molar-refractivity contribution < 1.29 is 0 Å². The van der Waals surface area contributed by atoms with Crippen molar-refractivity contribution in [2.45, 2.75) is 19.4 Å². The first-order valence-corrected chi connectivity index (χ1v) is 4.97. The van der Waals surface area contributed by atoms with Crippen molar-refractivity contribution in [3.05, 3.63) is 36.0 Å². The van der Waals surface area contributed by atoms with Crippen LogP contribution >= 0.6 is 0 Å². The van der Waals surface area contributed by atoms with Crippen molar-refractivity contribution in [2.24, 2.45) is 12.8 Å². The second-order valence-electron chi connectivity index (χ2n) is 3.93. The number of rotatable bonds is 2. The van der Waals surface area contributed by atoms with E-state index in [2.05, 4.69) is 41.9 Å². The maximum atomic E-state index is 5.80. The molecule has 0 aliphatic heterocycles. The van der Waals surface area contributed by atoms with Crippen molar-refractivity contribution in [1.29, 1.82) is 0 Å². The molecule has 2 rings (SSSR count). The third-order valence-corrected chi connectivity index (χ3v) is 2.58. The molecule has 2 aromatic rings. The van der Waals surface area contributed by atoms with Crippen LogP contribution in [0.1, 0.15) is 12.6 Å². The number of aromatic nitrogens is 1. The van der Waals surface area contributed by atoms with E-state index in [0.717, 1.165) is 6.42 Å². The average molecular weight is 188 g/mol. The molecule has 0 aliphatic rings. The number of hydrogen-bond donors (Lipinski definition) is 1. The quantitative estimate of drug-likeness (QED) is 0.768. The van der Waals surface area contributed by atoms with Gasteiger partial charge in [0.15, 0.2) is 0 Å². The Morgan fingerprint density at radius 2 is 2.07 bits per heavy atom. The minimum Gasteiger partial charge on any atom is -0.348 e. The van der Waals surface area contributed by atoms with E-state index < -0.39 is 0 Å². The van der Waals surface area contributed by atoms with E-state index in [-0.39, 0.29) is 6.04 Å². The fourth-order valence-corrected chi connectivity index (χ4v) is 1.87. The van der Waals surface area contributed by atoms with Crippen LogP contribution < -0.4 is 5.73 Å². The third kappa shape index (κ3) is 1.53. The maximum Gasteiger partial charge on any atom is 0.0479 e. The van der Waals surface area contributed by atoms with Crippen LogP contribution in [0.4, 0.5) is 0 Å². The molecule has 1 atom stereocenters. The molecule has 1 aromatic heterocycles. The molecule has 14 heavy (non-hydrogen) atoms. The van der Waals surface area contributed by atoms with Gasteiger partial charge >= 0.3 is 0 Å². The van der Waals surface area contributed by atoms with Gasteiger partial charge in [0, 0.05) is 30.7 Å². The summed E-state index contributed by atoms with van der Waals surface area (Å²) in [6.45, 7) is 2.04. The topological polar surface area (TPSA) is 30.9 Å². The average Bonchev–Trinajstić information content (AvgIpc) is 2.44. The van der Waals surface area contributed by atoms with Crippen molar-refractivity contribution in [3.8, 4) is 0 Å². The molecule has 2 heteroatoms. The van der Waals surface area contributed by atoms with Gasteiger partial charge in [-0.25, -0.2) is 0 Å². The molecule has 2 N–H and O–H groups in total. The highest BCUT2D eigenvalue weighted by molar-refractivity contribution is 5.81. The molecular formula is C12H16N2. The number of para-hydroxylation sites is 1. The van der Waals surface area contributed by atoms with Gasteiger partial charge in [-0.1, -0.05) is 18.2 Å². The molecular weight excluding hydrogens is 172 g/mol. The van der Waals surface area contributed by atoms with E-state index in [4.69, 9.17) is 5.73 Å². The van der Waals surface area contributed by atoms with Gasteiger partial charge in [0.05, 0.1) is 0 Å². The van der Waals surface area contributed by atoms with Crippen molar-refractivity contribution in [2.75, 3.05) is 0 Å². The smallest absolute Gasteiger partial charge is 0.0479 e. The Labute approximate surface area is 84.3 Å². The van der Waals surface area contributed by atoms with Crippen LogP contribution in [0.15, 0.2) is 30.3 Å². The molecule has 0 saturated heterocycles. The minimum absolute atomic E-state index is 0.220. The van der Waals surface area contributed by atoms with Gasteiger partial charge in [0.1, 0.15) is 0 Å². The molecule has 1 heterocycles. The highest BCUT2D eigenvalue weighted by atomic mass is 14.9. The molecule has 0 radical (unpaired) electrons. The van der Waals surface area contributed by atoms with Gasteiger partial charge in [-0.15, -0.1) is 0 Å². The Bertz CT molecular complexity index is 441. The minimum atomic E-state index is 0.220. The summed E-state index contributed by atoms with van der Waals surface area (Å²) in [4.78, 5) is 0. The molecule has 0 amide bonds. The van der Waals surface area contributed by atoms with Gasteiger partial charge in [-0.3, -0.25) is 0 Å². The molecule has 74 valence electrons. The first-order chi connectivity index (χ1) is 6.68. The van der Waals surface area contributed by atoms with Gasteiger partial charge in [0.2, 0.25) is 0 Å². The fourth-order valence-electron chi connectivity index (χ4n) is 1.87. The van der Waals surface area contributed by atoms with Crippen LogP contribution in [0.2, 0.25) is 0 Å². The largest absolute Gasteiger partial charge is 0.348 e. The maximum absolute atomic E-state index is 5.80.